The van der Waals surface area contributed by atoms with Crippen LogP contribution in [0.1, 0.15) is 27.7 Å². The number of rotatable bonds is 7. The first-order valence-corrected chi connectivity index (χ1v) is 9.12. The van der Waals surface area contributed by atoms with Crippen molar-refractivity contribution in [1.82, 2.24) is 4.98 Å². The van der Waals surface area contributed by atoms with Crippen LogP contribution in [0.4, 0.5) is 5.13 Å². The van der Waals surface area contributed by atoms with E-state index in [2.05, 4.69) is 22.4 Å². The van der Waals surface area contributed by atoms with E-state index in [1.807, 2.05) is 25.1 Å². The third kappa shape index (κ3) is 4.40. The second kappa shape index (κ2) is 8.49. The van der Waals surface area contributed by atoms with Crippen LogP contribution in [-0.2, 0) is 6.42 Å². The number of benzene rings is 2. The molecule has 0 bridgehead atoms. The lowest BCUT2D eigenvalue weighted by Gasteiger charge is -2.10. The number of hydrogen-bond acceptors (Lipinski definition) is 5. The molecule has 3 aromatic rings. The quantitative estimate of drug-likeness (QED) is 0.672. The van der Waals surface area contributed by atoms with Crippen molar-refractivity contribution < 1.29 is 14.3 Å². The van der Waals surface area contributed by atoms with Crippen LogP contribution in [-0.4, -0.2) is 24.6 Å². The smallest absolute Gasteiger partial charge is 0.257 e. The average molecular weight is 368 g/mol. The van der Waals surface area contributed by atoms with E-state index in [0.717, 1.165) is 11.3 Å². The number of anilines is 1. The minimum absolute atomic E-state index is 0.230. The molecule has 0 aliphatic carbocycles. The summed E-state index contributed by atoms with van der Waals surface area (Å²) >= 11 is 1.47. The summed E-state index contributed by atoms with van der Waals surface area (Å²) in [4.78, 5) is 17.9. The Morgan fingerprint density at radius 2 is 1.96 bits per heavy atom. The molecule has 5 nitrogen and oxygen atoms in total. The highest BCUT2D eigenvalue weighted by Crippen LogP contribution is 2.29. The zero-order valence-corrected chi connectivity index (χ0v) is 15.5. The maximum atomic E-state index is 12.5. The zero-order valence-electron chi connectivity index (χ0n) is 14.7. The predicted octanol–water partition coefficient (Wildman–Crippen LogP) is 4.39. The molecule has 0 unspecified atom stereocenters. The molecule has 0 fully saturated rings. The van der Waals surface area contributed by atoms with Gasteiger partial charge in [-0.15, -0.1) is 11.3 Å². The first kappa shape index (κ1) is 17.9. The first-order chi connectivity index (χ1) is 12.7. The van der Waals surface area contributed by atoms with Gasteiger partial charge in [-0.25, -0.2) is 4.98 Å². The van der Waals surface area contributed by atoms with Gasteiger partial charge in [0.25, 0.3) is 5.91 Å². The third-order valence-electron chi connectivity index (χ3n) is 3.72. The number of methoxy groups -OCH3 is 1. The highest BCUT2D eigenvalue weighted by molar-refractivity contribution is 7.15. The highest BCUT2D eigenvalue weighted by Gasteiger charge is 2.13. The number of aromatic nitrogens is 1. The molecule has 0 spiro atoms. The van der Waals surface area contributed by atoms with Crippen LogP contribution < -0.4 is 14.8 Å². The lowest BCUT2D eigenvalue weighted by atomic mass is 10.1. The van der Waals surface area contributed by atoms with Crippen LogP contribution in [0.15, 0.2) is 54.7 Å². The predicted molar refractivity (Wildman–Crippen MR) is 103 cm³/mol. The lowest BCUT2D eigenvalue weighted by Crippen LogP contribution is -2.12. The van der Waals surface area contributed by atoms with E-state index in [4.69, 9.17) is 9.47 Å². The molecule has 0 saturated heterocycles. The molecule has 1 amide bonds. The van der Waals surface area contributed by atoms with Crippen LogP contribution >= 0.6 is 11.3 Å². The van der Waals surface area contributed by atoms with E-state index in [0.29, 0.717) is 28.8 Å². The number of ether oxygens (including phenoxy) is 2. The van der Waals surface area contributed by atoms with Gasteiger partial charge in [0, 0.05) is 23.1 Å². The Hall–Kier alpha value is -2.86. The Bertz CT molecular complexity index is 878. The fourth-order valence-electron chi connectivity index (χ4n) is 2.50. The SMILES string of the molecule is CCOc1ccc(C(=O)Nc2ncc(Cc3ccccc3)s2)cc1OC. The molecular formula is C20H20N2O3S. The Labute approximate surface area is 156 Å². The number of thiazole rings is 1. The van der Waals surface area contributed by atoms with Crippen LogP contribution in [0.2, 0.25) is 0 Å². The highest BCUT2D eigenvalue weighted by atomic mass is 32.1. The van der Waals surface area contributed by atoms with E-state index in [1.54, 1.807) is 31.5 Å². The molecule has 0 aliphatic rings. The molecule has 0 saturated carbocycles. The summed E-state index contributed by atoms with van der Waals surface area (Å²) in [6.07, 6.45) is 2.59. The second-order valence-corrected chi connectivity index (χ2v) is 6.66. The number of amides is 1. The fraction of sp³-hybridized carbons (Fsp3) is 0.200. The molecule has 0 radical (unpaired) electrons. The van der Waals surface area contributed by atoms with Crippen molar-refractivity contribution >= 4 is 22.4 Å². The average Bonchev–Trinajstić information content (AvgIpc) is 3.09. The van der Waals surface area contributed by atoms with Crippen molar-refractivity contribution in [1.29, 1.82) is 0 Å². The van der Waals surface area contributed by atoms with Crippen LogP contribution in [0.5, 0.6) is 11.5 Å². The zero-order chi connectivity index (χ0) is 18.4. The van der Waals surface area contributed by atoms with Gasteiger partial charge in [0.1, 0.15) is 0 Å². The van der Waals surface area contributed by atoms with Crippen molar-refractivity contribution in [3.05, 3.63) is 70.7 Å². The molecule has 6 heteroatoms. The molecule has 1 aromatic heterocycles. The van der Waals surface area contributed by atoms with Gasteiger partial charge < -0.3 is 9.47 Å². The summed E-state index contributed by atoms with van der Waals surface area (Å²) in [5.41, 5.74) is 1.70. The van der Waals surface area contributed by atoms with Crippen molar-refractivity contribution in [3.63, 3.8) is 0 Å². The van der Waals surface area contributed by atoms with E-state index in [9.17, 15) is 4.79 Å². The molecule has 3 rings (SSSR count). The van der Waals surface area contributed by atoms with E-state index >= 15 is 0 Å². The lowest BCUT2D eigenvalue weighted by molar-refractivity contribution is 0.102. The van der Waals surface area contributed by atoms with Crippen LogP contribution in [0, 0.1) is 0 Å². The molecule has 26 heavy (non-hydrogen) atoms. The van der Waals surface area contributed by atoms with Gasteiger partial charge in [-0.2, -0.15) is 0 Å². The summed E-state index contributed by atoms with van der Waals surface area (Å²) in [6, 6.07) is 15.3. The number of carbonyl (C=O) groups excluding carboxylic acids is 1. The largest absolute Gasteiger partial charge is 0.493 e. The van der Waals surface area contributed by atoms with Gasteiger partial charge in [-0.1, -0.05) is 30.3 Å². The van der Waals surface area contributed by atoms with Gasteiger partial charge in [0.2, 0.25) is 0 Å². The summed E-state index contributed by atoms with van der Waals surface area (Å²) in [6.45, 7) is 2.43. The fourth-order valence-corrected chi connectivity index (χ4v) is 3.34. The van der Waals surface area contributed by atoms with Gasteiger partial charge >= 0.3 is 0 Å². The van der Waals surface area contributed by atoms with Crippen molar-refractivity contribution in [2.45, 2.75) is 13.3 Å². The van der Waals surface area contributed by atoms with E-state index in [1.165, 1.54) is 16.9 Å². The van der Waals surface area contributed by atoms with E-state index in [-0.39, 0.29) is 5.91 Å². The number of nitrogens with zero attached hydrogens (tertiary/aromatic N) is 1. The standard InChI is InChI=1S/C20H20N2O3S/c1-3-25-17-10-9-15(12-18(17)24-2)19(23)22-20-21-13-16(26-20)11-14-7-5-4-6-8-14/h4-10,12-13H,3,11H2,1-2H3,(H,21,22,23). The summed E-state index contributed by atoms with van der Waals surface area (Å²) in [5, 5.41) is 3.42. The van der Waals surface area contributed by atoms with E-state index < -0.39 is 0 Å². The minimum Gasteiger partial charge on any atom is -0.493 e. The first-order valence-electron chi connectivity index (χ1n) is 8.30. The Morgan fingerprint density at radius 3 is 2.69 bits per heavy atom. The topological polar surface area (TPSA) is 60.5 Å². The molecule has 1 N–H and O–H groups in total. The van der Waals surface area contributed by atoms with Gasteiger partial charge in [-0.3, -0.25) is 10.1 Å². The second-order valence-electron chi connectivity index (χ2n) is 5.55. The van der Waals surface area contributed by atoms with Crippen molar-refractivity contribution in [2.75, 3.05) is 19.0 Å². The summed E-state index contributed by atoms with van der Waals surface area (Å²) < 4.78 is 10.8. The van der Waals surface area contributed by atoms with Crippen molar-refractivity contribution in [3.8, 4) is 11.5 Å². The third-order valence-corrected chi connectivity index (χ3v) is 4.63. The summed E-state index contributed by atoms with van der Waals surface area (Å²) in [7, 11) is 1.55. The Morgan fingerprint density at radius 1 is 1.15 bits per heavy atom. The molecule has 134 valence electrons. The number of carbonyl (C=O) groups is 1. The monoisotopic (exact) mass is 368 g/mol. The molecule has 1 heterocycles. The normalized spacial score (nSPS) is 10.4. The maximum Gasteiger partial charge on any atom is 0.257 e. The van der Waals surface area contributed by atoms with Crippen molar-refractivity contribution in [2.24, 2.45) is 0 Å². The van der Waals surface area contributed by atoms with Crippen LogP contribution in [0.25, 0.3) is 0 Å². The number of hydrogen-bond donors (Lipinski definition) is 1. The molecule has 0 aliphatic heterocycles. The molecular weight excluding hydrogens is 348 g/mol. The maximum absolute atomic E-state index is 12.5. The molecule has 0 atom stereocenters. The van der Waals surface area contributed by atoms with Gasteiger partial charge in [0.15, 0.2) is 16.6 Å². The van der Waals surface area contributed by atoms with Crippen LogP contribution in [0.3, 0.4) is 0 Å². The Balaban J connectivity index is 1.68. The Kier molecular flexibility index (Phi) is 5.86. The minimum atomic E-state index is -0.230. The number of nitrogens with one attached hydrogen (secondary N) is 1. The van der Waals surface area contributed by atoms with Gasteiger partial charge in [-0.05, 0) is 30.7 Å². The summed E-state index contributed by atoms with van der Waals surface area (Å²) in [5.74, 6) is 0.918. The molecule has 2 aromatic carbocycles. The van der Waals surface area contributed by atoms with Gasteiger partial charge in [0.05, 0.1) is 13.7 Å².